The molecule has 0 saturated heterocycles. The topological polar surface area (TPSA) is 29.9 Å². The van der Waals surface area contributed by atoms with E-state index < -0.39 is 0 Å². The maximum atomic E-state index is 5.85. The third-order valence-electron chi connectivity index (χ3n) is 2.84. The van der Waals surface area contributed by atoms with Gasteiger partial charge in [-0.15, -0.1) is 0 Å². The molecule has 1 N–H and O–H groups in total. The highest BCUT2D eigenvalue weighted by atomic mass is 32.1. The van der Waals surface area contributed by atoms with Crippen molar-refractivity contribution in [1.29, 1.82) is 0 Å². The van der Waals surface area contributed by atoms with E-state index in [0.29, 0.717) is 0 Å². The number of hydrogen-bond acceptors (Lipinski definition) is 2. The minimum absolute atomic E-state index is 0.194. The predicted octanol–water partition coefficient (Wildman–Crippen LogP) is 2.55. The maximum Gasteiger partial charge on any atom is 0.177 e. The minimum atomic E-state index is 0.194. The zero-order valence-corrected chi connectivity index (χ0v) is 9.54. The van der Waals surface area contributed by atoms with Crippen molar-refractivity contribution >= 4 is 12.2 Å². The van der Waals surface area contributed by atoms with Gasteiger partial charge < -0.3 is 14.3 Å². The normalized spacial score (nSPS) is 18.1. The second-order valence-electron chi connectivity index (χ2n) is 3.97. The highest BCUT2D eigenvalue weighted by molar-refractivity contribution is 7.71. The van der Waals surface area contributed by atoms with Crippen molar-refractivity contribution in [1.82, 2.24) is 9.55 Å². The van der Waals surface area contributed by atoms with E-state index in [1.54, 1.807) is 0 Å². The summed E-state index contributed by atoms with van der Waals surface area (Å²) in [7, 11) is 0. The summed E-state index contributed by atoms with van der Waals surface area (Å²) in [5.41, 5.74) is 1.29. The van der Waals surface area contributed by atoms with E-state index in [0.717, 1.165) is 23.5 Å². The molecule has 0 spiro atoms. The molecule has 1 aliphatic heterocycles. The molecule has 3 rings (SSSR count). The molecule has 82 valence electrons. The number of benzene rings is 1. The van der Waals surface area contributed by atoms with E-state index in [9.17, 15) is 0 Å². The molecule has 1 aromatic carbocycles. The summed E-state index contributed by atoms with van der Waals surface area (Å²) in [6.07, 6.45) is 4.96. The number of para-hydroxylation sites is 1. The van der Waals surface area contributed by atoms with Gasteiger partial charge in [-0.1, -0.05) is 18.2 Å². The Bertz CT molecular complexity index is 533. The van der Waals surface area contributed by atoms with Crippen LogP contribution >= 0.6 is 12.2 Å². The van der Waals surface area contributed by atoms with Crippen LogP contribution in [0.4, 0.5) is 0 Å². The first-order chi connectivity index (χ1) is 7.83. The van der Waals surface area contributed by atoms with E-state index in [4.69, 9.17) is 17.0 Å². The van der Waals surface area contributed by atoms with Crippen molar-refractivity contribution in [2.24, 2.45) is 0 Å². The summed E-state index contributed by atoms with van der Waals surface area (Å²) < 4.78 is 8.61. The van der Waals surface area contributed by atoms with Gasteiger partial charge in [-0.25, -0.2) is 0 Å². The lowest BCUT2D eigenvalue weighted by Gasteiger charge is -2.10. The molecule has 0 aliphatic carbocycles. The number of aromatic nitrogens is 2. The van der Waals surface area contributed by atoms with E-state index in [-0.39, 0.29) is 6.10 Å². The minimum Gasteiger partial charge on any atom is -0.488 e. The van der Waals surface area contributed by atoms with Gasteiger partial charge in [-0.3, -0.25) is 0 Å². The quantitative estimate of drug-likeness (QED) is 0.806. The number of fused-ring (bicyclic) bond motifs is 1. The fraction of sp³-hybridized carbons (Fsp3) is 0.250. The lowest BCUT2D eigenvalue weighted by molar-refractivity contribution is 0.208. The van der Waals surface area contributed by atoms with E-state index in [1.165, 1.54) is 5.56 Å². The molecular formula is C12H12N2OS. The molecule has 1 atom stereocenters. The lowest BCUT2D eigenvalue weighted by Crippen LogP contribution is -2.20. The van der Waals surface area contributed by atoms with Gasteiger partial charge in [0.2, 0.25) is 0 Å². The summed E-state index contributed by atoms with van der Waals surface area (Å²) in [5.74, 6) is 1.01. The largest absolute Gasteiger partial charge is 0.488 e. The Hall–Kier alpha value is -1.55. The van der Waals surface area contributed by atoms with Crippen LogP contribution in [-0.2, 0) is 13.0 Å². The van der Waals surface area contributed by atoms with Crippen LogP contribution in [-0.4, -0.2) is 15.7 Å². The molecule has 3 nitrogen and oxygen atoms in total. The molecular weight excluding hydrogens is 220 g/mol. The maximum absolute atomic E-state index is 5.85. The Morgan fingerprint density at radius 1 is 1.44 bits per heavy atom. The molecule has 1 aliphatic rings. The van der Waals surface area contributed by atoms with Crippen molar-refractivity contribution in [2.45, 2.75) is 19.1 Å². The Morgan fingerprint density at radius 2 is 2.31 bits per heavy atom. The van der Waals surface area contributed by atoms with Crippen molar-refractivity contribution in [3.63, 3.8) is 0 Å². The van der Waals surface area contributed by atoms with Crippen LogP contribution in [0, 0.1) is 4.77 Å². The molecule has 0 amide bonds. The number of H-pyrrole nitrogens is 1. The van der Waals surface area contributed by atoms with Crippen LogP contribution in [0.1, 0.15) is 5.56 Å². The van der Waals surface area contributed by atoms with Crippen LogP contribution in [0.2, 0.25) is 0 Å². The Balaban J connectivity index is 1.78. The van der Waals surface area contributed by atoms with Crippen molar-refractivity contribution in [3.8, 4) is 5.75 Å². The predicted molar refractivity (Wildman–Crippen MR) is 64.2 cm³/mol. The standard InChI is InChI=1S/C12H12N2OS/c16-12-13-5-6-14(12)8-10-7-9-3-1-2-4-11(9)15-10/h1-6,10H,7-8H2,(H,13,16). The molecule has 2 heterocycles. The molecule has 0 radical (unpaired) electrons. The van der Waals surface area contributed by atoms with Crippen molar-refractivity contribution < 1.29 is 4.74 Å². The molecule has 2 aromatic rings. The number of hydrogen-bond donors (Lipinski definition) is 1. The van der Waals surface area contributed by atoms with Gasteiger partial charge in [-0.2, -0.15) is 0 Å². The number of nitrogens with zero attached hydrogens (tertiary/aromatic N) is 1. The van der Waals surface area contributed by atoms with Crippen LogP contribution in [0.25, 0.3) is 0 Å². The van der Waals surface area contributed by atoms with Gasteiger partial charge in [0.05, 0.1) is 6.54 Å². The third kappa shape index (κ3) is 1.65. The summed E-state index contributed by atoms with van der Waals surface area (Å²) in [6, 6.07) is 8.19. The highest BCUT2D eigenvalue weighted by Crippen LogP contribution is 2.28. The van der Waals surface area contributed by atoms with Gasteiger partial charge in [0.25, 0.3) is 0 Å². The van der Waals surface area contributed by atoms with E-state index in [2.05, 4.69) is 11.1 Å². The van der Waals surface area contributed by atoms with Crippen molar-refractivity contribution in [3.05, 3.63) is 47.0 Å². The van der Waals surface area contributed by atoms with Crippen LogP contribution in [0.3, 0.4) is 0 Å². The van der Waals surface area contributed by atoms with Gasteiger partial charge in [-0.05, 0) is 23.8 Å². The molecule has 16 heavy (non-hydrogen) atoms. The van der Waals surface area contributed by atoms with E-state index >= 15 is 0 Å². The fourth-order valence-corrected chi connectivity index (χ4v) is 2.27. The zero-order valence-electron chi connectivity index (χ0n) is 8.72. The first-order valence-electron chi connectivity index (χ1n) is 5.31. The van der Waals surface area contributed by atoms with Gasteiger partial charge in [0.15, 0.2) is 4.77 Å². The number of aromatic amines is 1. The van der Waals surface area contributed by atoms with Crippen molar-refractivity contribution in [2.75, 3.05) is 0 Å². The van der Waals surface area contributed by atoms with Crippen LogP contribution < -0.4 is 4.74 Å². The van der Waals surface area contributed by atoms with Crippen LogP contribution in [0.15, 0.2) is 36.7 Å². The summed E-state index contributed by atoms with van der Waals surface area (Å²) in [4.78, 5) is 2.99. The molecule has 4 heteroatoms. The molecule has 0 fully saturated rings. The number of imidazole rings is 1. The fourth-order valence-electron chi connectivity index (χ4n) is 2.07. The Labute approximate surface area is 98.7 Å². The van der Waals surface area contributed by atoms with Crippen LogP contribution in [0.5, 0.6) is 5.75 Å². The second-order valence-corrected chi connectivity index (χ2v) is 4.36. The van der Waals surface area contributed by atoms with E-state index in [1.807, 2.05) is 35.2 Å². The Morgan fingerprint density at radius 3 is 3.06 bits per heavy atom. The average molecular weight is 232 g/mol. The molecule has 1 aromatic heterocycles. The first-order valence-corrected chi connectivity index (χ1v) is 5.72. The second kappa shape index (κ2) is 3.79. The molecule has 0 bridgehead atoms. The SMILES string of the molecule is S=c1[nH]ccn1CC1Cc2ccccc2O1. The monoisotopic (exact) mass is 232 g/mol. The molecule has 0 saturated carbocycles. The lowest BCUT2D eigenvalue weighted by atomic mass is 10.1. The summed E-state index contributed by atoms with van der Waals surface area (Å²) in [6.45, 7) is 0.803. The van der Waals surface area contributed by atoms with Gasteiger partial charge >= 0.3 is 0 Å². The highest BCUT2D eigenvalue weighted by Gasteiger charge is 2.22. The zero-order chi connectivity index (χ0) is 11.0. The smallest absolute Gasteiger partial charge is 0.177 e. The first kappa shape index (κ1) is 9.66. The van der Waals surface area contributed by atoms with Gasteiger partial charge in [0.1, 0.15) is 11.9 Å². The summed E-state index contributed by atoms with van der Waals surface area (Å²) in [5, 5.41) is 0. The third-order valence-corrected chi connectivity index (χ3v) is 3.19. The van der Waals surface area contributed by atoms with Gasteiger partial charge in [0, 0.05) is 18.8 Å². The summed E-state index contributed by atoms with van der Waals surface area (Å²) >= 11 is 5.16. The average Bonchev–Trinajstić information content (AvgIpc) is 2.85. The Kier molecular flexibility index (Phi) is 2.29. The molecule has 1 unspecified atom stereocenters. The number of ether oxygens (including phenoxy) is 1. The number of nitrogens with one attached hydrogen (secondary N) is 1. The number of rotatable bonds is 2.